The van der Waals surface area contributed by atoms with Crippen LogP contribution >= 0.6 is 0 Å². The fourth-order valence-corrected chi connectivity index (χ4v) is 7.12. The molecule has 2 saturated heterocycles. The molecule has 3 aliphatic rings. The highest BCUT2D eigenvalue weighted by molar-refractivity contribution is 5.33. The first-order chi connectivity index (χ1) is 15.4. The Bertz CT molecular complexity index is 820. The summed E-state index contributed by atoms with van der Waals surface area (Å²) >= 11 is 0. The largest absolute Gasteiger partial charge is 0.416 e. The van der Waals surface area contributed by atoms with Gasteiger partial charge in [0.1, 0.15) is 24.7 Å². The van der Waals surface area contributed by atoms with Gasteiger partial charge in [-0.1, -0.05) is 26.2 Å². The third-order valence-electron chi connectivity index (χ3n) is 8.77. The summed E-state index contributed by atoms with van der Waals surface area (Å²) in [6.45, 7) is 6.67. The molecule has 0 N–H and O–H groups in total. The van der Waals surface area contributed by atoms with Crippen molar-refractivity contribution in [2.24, 2.45) is 11.8 Å². The topological polar surface area (TPSA) is 9.23 Å². The van der Waals surface area contributed by atoms with Crippen LogP contribution in [0.5, 0.6) is 0 Å². The van der Waals surface area contributed by atoms with Crippen LogP contribution in [0.15, 0.2) is 18.2 Å². The summed E-state index contributed by atoms with van der Waals surface area (Å²) in [6, 6.07) is 2.06. The fraction of sp³-hybridized carbons (Fsp3) is 0.760. The lowest BCUT2D eigenvalue weighted by Gasteiger charge is -2.44. The minimum atomic E-state index is -4.82. The highest BCUT2D eigenvalue weighted by atomic mass is 19.4. The maximum Gasteiger partial charge on any atom is 0.416 e. The summed E-state index contributed by atoms with van der Waals surface area (Å²) in [5, 5.41) is 0. The number of hydrogen-bond donors (Lipinski definition) is 0. The monoisotopic (exact) mass is 478 g/mol. The van der Waals surface area contributed by atoms with E-state index < -0.39 is 23.5 Å². The van der Waals surface area contributed by atoms with Crippen LogP contribution in [-0.4, -0.2) is 35.8 Å². The number of nitrogens with zero attached hydrogens (tertiary/aromatic N) is 1. The number of ether oxygens (including phenoxy) is 1. The number of hydrogen-bond acceptors (Lipinski definition) is 1. The molecular formula is C25H34F6NO+. The van der Waals surface area contributed by atoms with Crippen LogP contribution < -0.4 is 0 Å². The van der Waals surface area contributed by atoms with Crippen molar-refractivity contribution in [3.05, 3.63) is 34.9 Å². The van der Waals surface area contributed by atoms with Gasteiger partial charge in [-0.25, -0.2) is 0 Å². The molecule has 0 amide bonds. The Balaban J connectivity index is 1.62. The van der Waals surface area contributed by atoms with Gasteiger partial charge in [-0.15, -0.1) is 0 Å². The lowest BCUT2D eigenvalue weighted by Crippen LogP contribution is -2.57. The molecule has 2 nitrogen and oxygen atoms in total. The van der Waals surface area contributed by atoms with Crippen molar-refractivity contribution in [2.45, 2.75) is 89.3 Å². The molecule has 4 rings (SSSR count). The number of unbranched alkanes of at least 4 members (excludes halogenated alkanes) is 3. The molecule has 1 aromatic carbocycles. The average Bonchev–Trinajstić information content (AvgIpc) is 3.29. The molecule has 5 atom stereocenters. The second-order valence-electron chi connectivity index (χ2n) is 10.5. The molecule has 2 heterocycles. The Morgan fingerprint density at radius 3 is 2.21 bits per heavy atom. The van der Waals surface area contributed by atoms with E-state index >= 15 is 0 Å². The standard InChI is InChI=1S/C25H34F6NO/c1-3-4-5-6-11-33-22-16-32(10-9-18-7-8-21(22)23(18,32)2)15-17-12-19(24(26,27)28)14-20(13-17)25(29,30)31/h12-14,18,21-22H,3-11,15-16H2,1-2H3/q+1/t18-,21+,22-,23+,32+/m0/s1. The van der Waals surface area contributed by atoms with Crippen molar-refractivity contribution in [3.8, 4) is 0 Å². The van der Waals surface area contributed by atoms with Gasteiger partial charge in [0.15, 0.2) is 0 Å². The zero-order chi connectivity index (χ0) is 24.1. The first-order valence-corrected chi connectivity index (χ1v) is 12.2. The predicted octanol–water partition coefficient (Wildman–Crippen LogP) is 7.21. The third kappa shape index (κ3) is 4.42. The zero-order valence-electron chi connectivity index (χ0n) is 19.4. The van der Waals surface area contributed by atoms with Gasteiger partial charge >= 0.3 is 12.4 Å². The second-order valence-corrected chi connectivity index (χ2v) is 10.5. The summed E-state index contributed by atoms with van der Waals surface area (Å²) in [5.41, 5.74) is -2.48. The van der Waals surface area contributed by atoms with E-state index in [2.05, 4.69) is 13.8 Å². The van der Waals surface area contributed by atoms with Gasteiger partial charge in [0.25, 0.3) is 0 Å². The maximum absolute atomic E-state index is 13.4. The van der Waals surface area contributed by atoms with Crippen LogP contribution in [0.3, 0.4) is 0 Å². The Kier molecular flexibility index (Phi) is 6.58. The summed E-state index contributed by atoms with van der Waals surface area (Å²) in [4.78, 5) is 0. The molecule has 0 bridgehead atoms. The lowest BCUT2D eigenvalue weighted by atomic mass is 9.83. The van der Waals surface area contributed by atoms with Crippen molar-refractivity contribution in [3.63, 3.8) is 0 Å². The van der Waals surface area contributed by atoms with Gasteiger partial charge < -0.3 is 9.22 Å². The predicted molar refractivity (Wildman–Crippen MR) is 113 cm³/mol. The number of benzene rings is 1. The van der Waals surface area contributed by atoms with Crippen molar-refractivity contribution < 1.29 is 35.6 Å². The van der Waals surface area contributed by atoms with E-state index in [4.69, 9.17) is 4.74 Å². The fourth-order valence-electron chi connectivity index (χ4n) is 7.12. The number of quaternary nitrogens is 1. The Labute approximate surface area is 191 Å². The highest BCUT2D eigenvalue weighted by Crippen LogP contribution is 2.61. The quantitative estimate of drug-likeness (QED) is 0.218. The van der Waals surface area contributed by atoms with E-state index in [1.165, 1.54) is 0 Å². The van der Waals surface area contributed by atoms with Gasteiger partial charge in [-0.05, 0) is 44.4 Å². The number of alkyl halides is 6. The molecule has 8 heteroatoms. The van der Waals surface area contributed by atoms with Crippen LogP contribution in [0.4, 0.5) is 26.3 Å². The van der Waals surface area contributed by atoms with Gasteiger partial charge in [0, 0.05) is 30.4 Å². The highest BCUT2D eigenvalue weighted by Gasteiger charge is 2.71. The molecular weight excluding hydrogens is 444 g/mol. The van der Waals surface area contributed by atoms with Crippen molar-refractivity contribution in [1.82, 2.24) is 0 Å². The molecule has 1 aromatic rings. The molecule has 186 valence electrons. The molecule has 0 radical (unpaired) electrons. The summed E-state index contributed by atoms with van der Waals surface area (Å²) in [6.07, 6.45) is -2.16. The van der Waals surface area contributed by atoms with Crippen LogP contribution in [-0.2, 0) is 23.6 Å². The molecule has 0 unspecified atom stereocenters. The third-order valence-corrected chi connectivity index (χ3v) is 8.77. The van der Waals surface area contributed by atoms with Gasteiger partial charge in [0.05, 0.1) is 17.7 Å². The molecule has 1 aliphatic carbocycles. The van der Waals surface area contributed by atoms with E-state index in [0.29, 0.717) is 29.5 Å². The molecule has 3 fully saturated rings. The number of rotatable bonds is 8. The Morgan fingerprint density at radius 2 is 1.61 bits per heavy atom. The first kappa shape index (κ1) is 24.8. The molecule has 33 heavy (non-hydrogen) atoms. The van der Waals surface area contributed by atoms with Crippen molar-refractivity contribution >= 4 is 0 Å². The van der Waals surface area contributed by atoms with Crippen molar-refractivity contribution in [1.29, 1.82) is 0 Å². The minimum absolute atomic E-state index is 0.0230. The molecule has 2 aliphatic heterocycles. The van der Waals surface area contributed by atoms with E-state index in [9.17, 15) is 26.3 Å². The molecule has 0 aromatic heterocycles. The normalized spacial score (nSPS) is 33.6. The maximum atomic E-state index is 13.4. The minimum Gasteiger partial charge on any atom is -0.372 e. The van der Waals surface area contributed by atoms with E-state index in [1.54, 1.807) is 0 Å². The Hall–Kier alpha value is -1.28. The summed E-state index contributed by atoms with van der Waals surface area (Å²) < 4.78 is 87.4. The summed E-state index contributed by atoms with van der Waals surface area (Å²) in [5.74, 6) is 0.758. The molecule has 1 saturated carbocycles. The molecule has 0 spiro atoms. The van der Waals surface area contributed by atoms with Gasteiger partial charge in [0.2, 0.25) is 0 Å². The lowest BCUT2D eigenvalue weighted by molar-refractivity contribution is -0.966. The smallest absolute Gasteiger partial charge is 0.372 e. The van der Waals surface area contributed by atoms with Crippen LogP contribution in [0, 0.1) is 11.8 Å². The zero-order valence-corrected chi connectivity index (χ0v) is 19.4. The van der Waals surface area contributed by atoms with Crippen LogP contribution in [0.2, 0.25) is 0 Å². The van der Waals surface area contributed by atoms with E-state index in [1.807, 2.05) is 0 Å². The number of halogens is 6. The Morgan fingerprint density at radius 1 is 0.939 bits per heavy atom. The van der Waals surface area contributed by atoms with Crippen molar-refractivity contribution in [2.75, 3.05) is 19.7 Å². The van der Waals surface area contributed by atoms with E-state index in [0.717, 1.165) is 63.6 Å². The van der Waals surface area contributed by atoms with Crippen LogP contribution in [0.1, 0.15) is 75.5 Å². The van der Waals surface area contributed by atoms with E-state index in [-0.39, 0.29) is 29.8 Å². The first-order valence-electron chi connectivity index (χ1n) is 12.2. The summed E-state index contributed by atoms with van der Waals surface area (Å²) in [7, 11) is 0. The average molecular weight is 479 g/mol. The second kappa shape index (κ2) is 8.74. The van der Waals surface area contributed by atoms with Crippen LogP contribution in [0.25, 0.3) is 0 Å². The van der Waals surface area contributed by atoms with Gasteiger partial charge in [-0.2, -0.15) is 26.3 Å². The van der Waals surface area contributed by atoms with Gasteiger partial charge in [-0.3, -0.25) is 0 Å². The SMILES string of the molecule is CCCCCCO[C@H]1C[N@+]2(Cc3cc(C(F)(F)F)cc(C(F)(F)F)c3)CC[C@@H]3CC[C@H]1[C@@]32C.